The van der Waals surface area contributed by atoms with Crippen molar-refractivity contribution < 1.29 is 4.79 Å². The normalized spacial score (nSPS) is 19.4. The molecule has 0 bridgehead atoms. The fourth-order valence-electron chi connectivity index (χ4n) is 3.30. The van der Waals surface area contributed by atoms with E-state index in [1.165, 1.54) is 0 Å². The summed E-state index contributed by atoms with van der Waals surface area (Å²) in [6, 6.07) is 4.51. The van der Waals surface area contributed by atoms with Crippen LogP contribution in [0.3, 0.4) is 0 Å². The molecule has 0 aromatic carbocycles. The van der Waals surface area contributed by atoms with Crippen molar-refractivity contribution >= 4 is 17.4 Å². The molecule has 0 radical (unpaired) electrons. The first kappa shape index (κ1) is 17.3. The van der Waals surface area contributed by atoms with Crippen LogP contribution in [0.5, 0.6) is 0 Å². The summed E-state index contributed by atoms with van der Waals surface area (Å²) < 4.78 is 1.85. The van der Waals surface area contributed by atoms with Crippen molar-refractivity contribution in [1.82, 2.24) is 19.9 Å². The number of nitrogens with one attached hydrogen (secondary N) is 2. The fourth-order valence-corrected chi connectivity index (χ4v) is 3.30. The van der Waals surface area contributed by atoms with E-state index >= 15 is 0 Å². The van der Waals surface area contributed by atoms with Gasteiger partial charge in [-0.05, 0) is 31.6 Å². The van der Waals surface area contributed by atoms with Crippen molar-refractivity contribution in [1.29, 1.82) is 0 Å². The lowest BCUT2D eigenvalue weighted by Gasteiger charge is -2.16. The second-order valence-corrected chi connectivity index (χ2v) is 6.46. The van der Waals surface area contributed by atoms with Crippen LogP contribution in [-0.2, 0) is 11.2 Å². The zero-order chi connectivity index (χ0) is 17.6. The third-order valence-electron chi connectivity index (χ3n) is 4.42. The second kappa shape index (κ2) is 8.02. The monoisotopic (exact) mass is 339 g/mol. The molecule has 6 heteroatoms. The summed E-state index contributed by atoms with van der Waals surface area (Å²) in [5.41, 5.74) is 1.95. The minimum atomic E-state index is -0.170. The van der Waals surface area contributed by atoms with Crippen LogP contribution in [0.25, 0.3) is 5.65 Å². The molecular weight excluding hydrogens is 314 g/mol. The first-order chi connectivity index (χ1) is 12.2. The number of carbonyl (C=O) groups is 1. The number of hydrogen-bond acceptors (Lipinski definition) is 4. The van der Waals surface area contributed by atoms with E-state index in [-0.39, 0.29) is 11.9 Å². The molecule has 0 aliphatic heterocycles. The maximum absolute atomic E-state index is 11.8. The van der Waals surface area contributed by atoms with Gasteiger partial charge in [-0.3, -0.25) is 4.79 Å². The van der Waals surface area contributed by atoms with Crippen molar-refractivity contribution in [2.24, 2.45) is 0 Å². The van der Waals surface area contributed by atoms with Gasteiger partial charge in [0.15, 0.2) is 5.65 Å². The second-order valence-electron chi connectivity index (χ2n) is 6.46. The molecule has 2 aromatic rings. The number of anilines is 1. The predicted molar refractivity (Wildman–Crippen MR) is 98.2 cm³/mol. The molecule has 132 valence electrons. The Hall–Kier alpha value is -2.55. The van der Waals surface area contributed by atoms with Gasteiger partial charge in [-0.2, -0.15) is 9.61 Å². The van der Waals surface area contributed by atoms with E-state index in [0.29, 0.717) is 12.5 Å². The van der Waals surface area contributed by atoms with Crippen molar-refractivity contribution in [3.63, 3.8) is 0 Å². The number of amides is 1. The number of aromatic nitrogens is 3. The highest BCUT2D eigenvalue weighted by Crippen LogP contribution is 2.24. The summed E-state index contributed by atoms with van der Waals surface area (Å²) in [7, 11) is 0. The Morgan fingerprint density at radius 2 is 2.20 bits per heavy atom. The van der Waals surface area contributed by atoms with Crippen LogP contribution in [0.2, 0.25) is 0 Å². The van der Waals surface area contributed by atoms with E-state index in [9.17, 15) is 4.79 Å². The smallest absolute Gasteiger partial charge is 0.296 e. The van der Waals surface area contributed by atoms with Crippen LogP contribution >= 0.6 is 0 Å². The van der Waals surface area contributed by atoms with E-state index in [1.807, 2.05) is 17.5 Å². The number of hydrogen-bond donors (Lipinski definition) is 2. The lowest BCUT2D eigenvalue weighted by molar-refractivity contribution is -0.116. The highest BCUT2D eigenvalue weighted by molar-refractivity contribution is 5.93. The molecule has 1 saturated carbocycles. The van der Waals surface area contributed by atoms with E-state index in [4.69, 9.17) is 0 Å². The molecule has 1 fully saturated rings. The highest BCUT2D eigenvalue weighted by atomic mass is 16.1. The maximum atomic E-state index is 11.8. The topological polar surface area (TPSA) is 71.3 Å². The maximum Gasteiger partial charge on any atom is 0.296 e. The number of rotatable bonds is 5. The molecule has 1 amide bonds. The molecule has 2 aromatic heterocycles. The zero-order valence-corrected chi connectivity index (χ0v) is 14.9. The molecule has 1 aliphatic rings. The van der Waals surface area contributed by atoms with Gasteiger partial charge in [0, 0.05) is 36.3 Å². The van der Waals surface area contributed by atoms with Crippen LogP contribution in [0, 0.1) is 11.8 Å². The molecule has 2 N–H and O–H groups in total. The average Bonchev–Trinajstić information content (AvgIpc) is 3.22. The molecule has 25 heavy (non-hydrogen) atoms. The molecular formula is C19H25N5O. The Morgan fingerprint density at radius 1 is 1.36 bits per heavy atom. The fraction of sp³-hybridized carbons (Fsp3) is 0.526. The van der Waals surface area contributed by atoms with E-state index in [0.717, 1.165) is 49.3 Å². The van der Waals surface area contributed by atoms with Crippen molar-refractivity contribution in [3.05, 3.63) is 24.0 Å². The van der Waals surface area contributed by atoms with Gasteiger partial charge in [0.1, 0.15) is 5.82 Å². The molecule has 2 heterocycles. The van der Waals surface area contributed by atoms with Crippen LogP contribution < -0.4 is 10.6 Å². The van der Waals surface area contributed by atoms with Crippen LogP contribution in [-0.4, -0.2) is 32.6 Å². The Kier molecular flexibility index (Phi) is 5.54. The van der Waals surface area contributed by atoms with Crippen molar-refractivity contribution in [2.75, 3.05) is 5.32 Å². The van der Waals surface area contributed by atoms with Gasteiger partial charge < -0.3 is 10.6 Å². The Morgan fingerprint density at radius 3 is 3.00 bits per heavy atom. The molecule has 3 rings (SSSR count). The minimum Gasteiger partial charge on any atom is -0.367 e. The average molecular weight is 339 g/mol. The third-order valence-corrected chi connectivity index (χ3v) is 4.42. The van der Waals surface area contributed by atoms with Gasteiger partial charge >= 0.3 is 0 Å². The summed E-state index contributed by atoms with van der Waals surface area (Å²) in [5, 5.41) is 11.0. The quantitative estimate of drug-likeness (QED) is 0.821. The van der Waals surface area contributed by atoms with Gasteiger partial charge in [-0.25, -0.2) is 4.98 Å². The molecule has 1 aliphatic carbocycles. The van der Waals surface area contributed by atoms with Crippen molar-refractivity contribution in [3.8, 4) is 11.8 Å². The molecule has 0 spiro atoms. The van der Waals surface area contributed by atoms with E-state index in [2.05, 4.69) is 45.5 Å². The Labute approximate surface area is 148 Å². The lowest BCUT2D eigenvalue weighted by atomic mass is 10.2. The third kappa shape index (κ3) is 4.30. The van der Waals surface area contributed by atoms with Gasteiger partial charge in [-0.15, -0.1) is 0 Å². The number of fused-ring (bicyclic) bond motifs is 1. The number of carbonyl (C=O) groups excluding carboxylic acids is 1. The van der Waals surface area contributed by atoms with Crippen LogP contribution in [0.1, 0.15) is 51.6 Å². The predicted octanol–water partition coefficient (Wildman–Crippen LogP) is 2.54. The highest BCUT2D eigenvalue weighted by Gasteiger charge is 2.26. The largest absolute Gasteiger partial charge is 0.367 e. The molecule has 2 atom stereocenters. The first-order valence-electron chi connectivity index (χ1n) is 9.09. The molecule has 0 unspecified atom stereocenters. The van der Waals surface area contributed by atoms with E-state index in [1.54, 1.807) is 6.20 Å². The van der Waals surface area contributed by atoms with Gasteiger partial charge in [0.05, 0.1) is 6.20 Å². The molecule has 0 saturated heterocycles. The summed E-state index contributed by atoms with van der Waals surface area (Å²) in [6.07, 6.45) is 7.36. The standard InChI is InChI=1S/C19H25N5O/c1-3-5-7-19(25)23-16-9-8-15(12-16)22-18-13-14(6-4-2)21-17-10-11-20-24(17)18/h10-11,13,15-16,22H,3-4,6,8-9,12H2,1-2H3,(H,23,25)/t15-,16-/m1/s1. The lowest BCUT2D eigenvalue weighted by Crippen LogP contribution is -2.33. The van der Waals surface area contributed by atoms with E-state index < -0.39 is 0 Å². The van der Waals surface area contributed by atoms with Gasteiger partial charge in [0.2, 0.25) is 0 Å². The summed E-state index contributed by atoms with van der Waals surface area (Å²) in [5.74, 6) is 6.24. The van der Waals surface area contributed by atoms with Gasteiger partial charge in [-0.1, -0.05) is 26.2 Å². The van der Waals surface area contributed by atoms with Crippen LogP contribution in [0.4, 0.5) is 5.82 Å². The number of nitrogens with zero attached hydrogens (tertiary/aromatic N) is 3. The minimum absolute atomic E-state index is 0.170. The van der Waals surface area contributed by atoms with Crippen LogP contribution in [0.15, 0.2) is 18.3 Å². The SMILES string of the molecule is CCC#CC(=O)N[C@@H]1CC[C@@H](Nc2cc(CCC)nc3ccnn23)C1. The first-order valence-corrected chi connectivity index (χ1v) is 9.09. The summed E-state index contributed by atoms with van der Waals surface area (Å²) in [4.78, 5) is 16.4. The number of aryl methyl sites for hydroxylation is 1. The summed E-state index contributed by atoms with van der Waals surface area (Å²) in [6.45, 7) is 4.09. The summed E-state index contributed by atoms with van der Waals surface area (Å²) >= 11 is 0. The Balaban J connectivity index is 1.66. The molecule has 6 nitrogen and oxygen atoms in total. The van der Waals surface area contributed by atoms with Gasteiger partial charge in [0.25, 0.3) is 5.91 Å². The zero-order valence-electron chi connectivity index (χ0n) is 14.9. The van der Waals surface area contributed by atoms with Crippen molar-refractivity contribution in [2.45, 2.75) is 64.5 Å². The Bertz CT molecular complexity index is 801.